The molecule has 0 radical (unpaired) electrons. The van der Waals surface area contributed by atoms with Gasteiger partial charge in [0.2, 0.25) is 0 Å². The summed E-state index contributed by atoms with van der Waals surface area (Å²) in [4.78, 5) is 2.57. The van der Waals surface area contributed by atoms with E-state index in [1.165, 1.54) is 15.3 Å². The largest absolute Gasteiger partial charge is 0.508 e. The molecule has 0 saturated heterocycles. The molecule has 0 aliphatic rings. The molecule has 0 atom stereocenters. The van der Waals surface area contributed by atoms with Gasteiger partial charge in [-0.3, -0.25) is 0 Å². The van der Waals surface area contributed by atoms with Crippen LogP contribution in [0.5, 0.6) is 5.75 Å². The molecule has 1 aromatic carbocycles. The summed E-state index contributed by atoms with van der Waals surface area (Å²) >= 11 is 1.77. The zero-order valence-corrected chi connectivity index (χ0v) is 9.06. The molecule has 72 valence electrons. The third-order valence-electron chi connectivity index (χ3n) is 2.22. The van der Waals surface area contributed by atoms with Crippen LogP contribution in [0.1, 0.15) is 10.4 Å². The number of aromatic hydroxyl groups is 1. The van der Waals surface area contributed by atoms with Gasteiger partial charge >= 0.3 is 0 Å². The minimum atomic E-state index is 0.363. The van der Waals surface area contributed by atoms with Crippen LogP contribution in [0.4, 0.5) is 0 Å². The van der Waals surface area contributed by atoms with Gasteiger partial charge in [-0.15, -0.1) is 11.3 Å². The molecule has 1 heterocycles. The standard InChI is InChI=1S/C12H12OS/c1-8-7-10(4-5-11(8)13)12-6-3-9(2)14-12/h3-7,13H,1-2H3. The van der Waals surface area contributed by atoms with Crippen molar-refractivity contribution < 1.29 is 5.11 Å². The number of hydrogen-bond donors (Lipinski definition) is 1. The zero-order chi connectivity index (χ0) is 10.1. The molecule has 0 bridgehead atoms. The van der Waals surface area contributed by atoms with E-state index in [0.29, 0.717) is 5.75 Å². The molecule has 0 aliphatic heterocycles. The predicted molar refractivity (Wildman–Crippen MR) is 60.9 cm³/mol. The molecule has 1 N–H and O–H groups in total. The van der Waals surface area contributed by atoms with E-state index in [1.807, 2.05) is 19.1 Å². The van der Waals surface area contributed by atoms with Crippen molar-refractivity contribution in [1.29, 1.82) is 0 Å². The second-order valence-electron chi connectivity index (χ2n) is 3.41. The predicted octanol–water partition coefficient (Wildman–Crippen LogP) is 3.74. The summed E-state index contributed by atoms with van der Waals surface area (Å²) in [7, 11) is 0. The quantitative estimate of drug-likeness (QED) is 0.750. The first-order valence-electron chi connectivity index (χ1n) is 4.53. The van der Waals surface area contributed by atoms with Crippen LogP contribution in [-0.4, -0.2) is 5.11 Å². The van der Waals surface area contributed by atoms with Crippen molar-refractivity contribution in [3.63, 3.8) is 0 Å². The van der Waals surface area contributed by atoms with Crippen LogP contribution in [-0.2, 0) is 0 Å². The van der Waals surface area contributed by atoms with Crippen molar-refractivity contribution in [2.24, 2.45) is 0 Å². The Morgan fingerprint density at radius 1 is 1.07 bits per heavy atom. The highest BCUT2D eigenvalue weighted by molar-refractivity contribution is 7.15. The monoisotopic (exact) mass is 204 g/mol. The molecular formula is C12H12OS. The van der Waals surface area contributed by atoms with Gasteiger partial charge in [-0.1, -0.05) is 0 Å². The van der Waals surface area contributed by atoms with Gasteiger partial charge in [0.1, 0.15) is 5.75 Å². The average molecular weight is 204 g/mol. The highest BCUT2D eigenvalue weighted by atomic mass is 32.1. The summed E-state index contributed by atoms with van der Waals surface area (Å²) < 4.78 is 0. The van der Waals surface area contributed by atoms with Gasteiger partial charge in [0.15, 0.2) is 0 Å². The van der Waals surface area contributed by atoms with Gasteiger partial charge in [0, 0.05) is 9.75 Å². The SMILES string of the molecule is Cc1ccc(-c2ccc(O)c(C)c2)s1. The Hall–Kier alpha value is -1.28. The molecule has 14 heavy (non-hydrogen) atoms. The topological polar surface area (TPSA) is 20.2 Å². The van der Waals surface area contributed by atoms with Crippen molar-refractivity contribution in [1.82, 2.24) is 0 Å². The summed E-state index contributed by atoms with van der Waals surface area (Å²) in [6, 6.07) is 9.95. The Bertz CT molecular complexity index is 457. The lowest BCUT2D eigenvalue weighted by molar-refractivity contribution is 0.471. The third kappa shape index (κ3) is 1.66. The smallest absolute Gasteiger partial charge is 0.118 e. The maximum atomic E-state index is 9.40. The number of phenols is 1. The molecule has 2 aromatic rings. The first-order valence-corrected chi connectivity index (χ1v) is 5.35. The van der Waals surface area contributed by atoms with E-state index < -0.39 is 0 Å². The number of aryl methyl sites for hydroxylation is 2. The molecule has 0 aliphatic carbocycles. The van der Waals surface area contributed by atoms with Crippen LogP contribution in [0.25, 0.3) is 10.4 Å². The Balaban J connectivity index is 2.47. The Labute approximate surface area is 87.7 Å². The summed E-state index contributed by atoms with van der Waals surface area (Å²) in [5, 5.41) is 9.40. The van der Waals surface area contributed by atoms with E-state index in [-0.39, 0.29) is 0 Å². The highest BCUT2D eigenvalue weighted by Gasteiger charge is 2.02. The lowest BCUT2D eigenvalue weighted by Crippen LogP contribution is -1.76. The second kappa shape index (κ2) is 3.46. The summed E-state index contributed by atoms with van der Waals surface area (Å²) in [5.74, 6) is 0.363. The molecule has 2 heteroatoms. The third-order valence-corrected chi connectivity index (χ3v) is 3.27. The van der Waals surface area contributed by atoms with E-state index in [0.717, 1.165) is 5.56 Å². The molecule has 0 saturated carbocycles. The van der Waals surface area contributed by atoms with Gasteiger partial charge in [-0.2, -0.15) is 0 Å². The molecular weight excluding hydrogens is 192 g/mol. The molecule has 1 nitrogen and oxygen atoms in total. The molecule has 0 fully saturated rings. The normalized spacial score (nSPS) is 10.4. The minimum Gasteiger partial charge on any atom is -0.508 e. The number of rotatable bonds is 1. The molecule has 0 unspecified atom stereocenters. The fraction of sp³-hybridized carbons (Fsp3) is 0.167. The zero-order valence-electron chi connectivity index (χ0n) is 8.24. The van der Waals surface area contributed by atoms with Crippen LogP contribution in [0.3, 0.4) is 0 Å². The van der Waals surface area contributed by atoms with Gasteiger partial charge < -0.3 is 5.11 Å². The van der Waals surface area contributed by atoms with Gasteiger partial charge in [-0.25, -0.2) is 0 Å². The maximum Gasteiger partial charge on any atom is 0.118 e. The number of phenolic OH excluding ortho intramolecular Hbond substituents is 1. The second-order valence-corrected chi connectivity index (χ2v) is 4.70. The van der Waals surface area contributed by atoms with Crippen LogP contribution in [0.2, 0.25) is 0 Å². The molecule has 2 rings (SSSR count). The Morgan fingerprint density at radius 3 is 2.43 bits per heavy atom. The van der Waals surface area contributed by atoms with E-state index in [2.05, 4.69) is 19.1 Å². The minimum absolute atomic E-state index is 0.363. The summed E-state index contributed by atoms with van der Waals surface area (Å²) in [6.07, 6.45) is 0. The Morgan fingerprint density at radius 2 is 1.86 bits per heavy atom. The van der Waals surface area contributed by atoms with Crippen LogP contribution in [0, 0.1) is 13.8 Å². The fourth-order valence-electron chi connectivity index (χ4n) is 1.40. The summed E-state index contributed by atoms with van der Waals surface area (Å²) in [6.45, 7) is 4.01. The first-order chi connectivity index (χ1) is 6.66. The number of benzene rings is 1. The van der Waals surface area contributed by atoms with Crippen molar-refractivity contribution in [2.45, 2.75) is 13.8 Å². The Kier molecular flexibility index (Phi) is 2.30. The lowest BCUT2D eigenvalue weighted by Gasteiger charge is -2.01. The van der Waals surface area contributed by atoms with Crippen LogP contribution >= 0.6 is 11.3 Å². The number of hydrogen-bond acceptors (Lipinski definition) is 2. The van der Waals surface area contributed by atoms with Crippen LogP contribution in [0.15, 0.2) is 30.3 Å². The van der Waals surface area contributed by atoms with Gasteiger partial charge in [0.05, 0.1) is 0 Å². The first kappa shape index (κ1) is 9.28. The van der Waals surface area contributed by atoms with Gasteiger partial charge in [0.25, 0.3) is 0 Å². The molecule has 0 amide bonds. The van der Waals surface area contributed by atoms with E-state index in [9.17, 15) is 5.11 Å². The van der Waals surface area contributed by atoms with E-state index in [4.69, 9.17) is 0 Å². The average Bonchev–Trinajstić information content (AvgIpc) is 2.57. The fourth-order valence-corrected chi connectivity index (χ4v) is 2.26. The number of thiophene rings is 1. The molecule has 0 spiro atoms. The van der Waals surface area contributed by atoms with Crippen molar-refractivity contribution in [3.05, 3.63) is 40.8 Å². The highest BCUT2D eigenvalue weighted by Crippen LogP contribution is 2.30. The lowest BCUT2D eigenvalue weighted by atomic mass is 10.1. The maximum absolute atomic E-state index is 9.40. The van der Waals surface area contributed by atoms with Crippen molar-refractivity contribution >= 4 is 11.3 Å². The van der Waals surface area contributed by atoms with Gasteiger partial charge in [-0.05, 0) is 55.3 Å². The molecule has 1 aromatic heterocycles. The summed E-state index contributed by atoms with van der Waals surface area (Å²) in [5.41, 5.74) is 2.10. The van der Waals surface area contributed by atoms with E-state index in [1.54, 1.807) is 17.4 Å². The van der Waals surface area contributed by atoms with Crippen LogP contribution < -0.4 is 0 Å². The van der Waals surface area contributed by atoms with Crippen molar-refractivity contribution in [2.75, 3.05) is 0 Å². The van der Waals surface area contributed by atoms with Crippen molar-refractivity contribution in [3.8, 4) is 16.2 Å². The van der Waals surface area contributed by atoms with E-state index >= 15 is 0 Å².